The fraction of sp³-hybridized carbons (Fsp3) is 1.00. The van der Waals surface area contributed by atoms with Crippen molar-refractivity contribution in [3.8, 4) is 0 Å². The Morgan fingerprint density at radius 1 is 1.10 bits per heavy atom. The van der Waals surface area contributed by atoms with E-state index >= 15 is 0 Å². The molecule has 0 aromatic carbocycles. The molecule has 0 atom stereocenters. The summed E-state index contributed by atoms with van der Waals surface area (Å²) in [6, 6.07) is 0. The van der Waals surface area contributed by atoms with Crippen molar-refractivity contribution in [2.24, 2.45) is 0 Å². The molecule has 0 unspecified atom stereocenters. The van der Waals surface area contributed by atoms with E-state index in [4.69, 9.17) is 0 Å². The topological polar surface area (TPSA) is 0 Å². The maximum atomic E-state index is 11.5. The second kappa shape index (κ2) is 3.47. The Bertz CT molecular complexity index is 93.2. The fourth-order valence-corrected chi connectivity index (χ4v) is 1.96. The average Bonchev–Trinajstić information content (AvgIpc) is 1.57. The minimum absolute atomic E-state index is 0.590. The van der Waals surface area contributed by atoms with Gasteiger partial charge in [0.25, 0.3) is 0 Å². The minimum atomic E-state index is -4.53. The monoisotopic (exact) mass is 266 g/mol. The van der Waals surface area contributed by atoms with Crippen LogP contribution in [0.1, 0.15) is 0 Å². The van der Waals surface area contributed by atoms with Crippen LogP contribution in [0.2, 0.25) is 0 Å². The van der Waals surface area contributed by atoms with Crippen molar-refractivity contribution in [1.29, 1.82) is 0 Å². The molecular formula is C2ClF5SSe. The summed E-state index contributed by atoms with van der Waals surface area (Å²) >= 11 is 2.02. The van der Waals surface area contributed by atoms with Crippen molar-refractivity contribution >= 4 is 35.6 Å². The van der Waals surface area contributed by atoms with E-state index in [1.54, 1.807) is 0 Å². The summed E-state index contributed by atoms with van der Waals surface area (Å²) in [6.45, 7) is 0. The Kier molecular flexibility index (Phi) is 3.75. The molecular weight excluding hydrogens is 265 g/mol. The van der Waals surface area contributed by atoms with Gasteiger partial charge in [0, 0.05) is 0 Å². The Morgan fingerprint density at radius 2 is 1.50 bits per heavy atom. The summed E-state index contributed by atoms with van der Waals surface area (Å²) in [5, 5.41) is -4.53. The molecule has 0 saturated carbocycles. The van der Waals surface area contributed by atoms with Gasteiger partial charge < -0.3 is 0 Å². The van der Waals surface area contributed by atoms with Gasteiger partial charge in [0.2, 0.25) is 0 Å². The third-order valence-electron chi connectivity index (χ3n) is 0.231. The van der Waals surface area contributed by atoms with Crippen LogP contribution in [0, 0.1) is 0 Å². The van der Waals surface area contributed by atoms with Gasteiger partial charge in [0.05, 0.1) is 0 Å². The standard InChI is InChI=1S/C2ClF5SSe/c3-1(4,5)9-10-2(6,7)8. The van der Waals surface area contributed by atoms with Gasteiger partial charge in [-0.15, -0.1) is 0 Å². The quantitative estimate of drug-likeness (QED) is 0.420. The predicted molar refractivity (Wildman–Crippen MR) is 30.2 cm³/mol. The van der Waals surface area contributed by atoms with Gasteiger partial charge in [-0.3, -0.25) is 0 Å². The van der Waals surface area contributed by atoms with E-state index in [0.717, 1.165) is 0 Å². The number of rotatable bonds is 2. The zero-order valence-electron chi connectivity index (χ0n) is 4.08. The van der Waals surface area contributed by atoms with Crippen LogP contribution in [-0.4, -0.2) is 23.6 Å². The molecule has 0 bridgehead atoms. The van der Waals surface area contributed by atoms with Gasteiger partial charge in [-0.2, -0.15) is 0 Å². The Morgan fingerprint density at radius 3 is 1.60 bits per heavy atom. The molecule has 62 valence electrons. The zero-order chi connectivity index (χ0) is 8.41. The molecule has 0 spiro atoms. The summed E-state index contributed by atoms with van der Waals surface area (Å²) in [5.41, 5.74) is 0. The SMILES string of the molecule is FC(F)(Cl)S[Se]C(F)(F)F. The first-order chi connectivity index (χ1) is 4.21. The van der Waals surface area contributed by atoms with Crippen molar-refractivity contribution in [3.05, 3.63) is 0 Å². The number of hydrogen-bond donors (Lipinski definition) is 0. The molecule has 0 radical (unpaired) electrons. The molecule has 0 aromatic heterocycles. The van der Waals surface area contributed by atoms with E-state index in [-0.39, 0.29) is 0 Å². The van der Waals surface area contributed by atoms with E-state index in [9.17, 15) is 22.0 Å². The van der Waals surface area contributed by atoms with E-state index in [1.807, 2.05) is 0 Å². The second-order valence-electron chi connectivity index (χ2n) is 1.06. The van der Waals surface area contributed by atoms with E-state index in [2.05, 4.69) is 11.6 Å². The first-order valence-corrected chi connectivity index (χ1v) is 5.78. The zero-order valence-corrected chi connectivity index (χ0v) is 7.37. The van der Waals surface area contributed by atoms with Gasteiger partial charge in [-0.1, -0.05) is 0 Å². The van der Waals surface area contributed by atoms with E-state index < -0.39 is 33.8 Å². The van der Waals surface area contributed by atoms with E-state index in [0.29, 0.717) is 0 Å². The molecule has 0 rings (SSSR count). The molecule has 0 aliphatic rings. The van der Waals surface area contributed by atoms with Crippen molar-refractivity contribution in [2.45, 2.75) is 9.79 Å². The summed E-state index contributed by atoms with van der Waals surface area (Å²) in [6.07, 6.45) is 0. The normalized spacial score (nSPS) is 13.8. The van der Waals surface area contributed by atoms with Crippen LogP contribution in [0.25, 0.3) is 0 Å². The molecule has 0 aromatic rings. The van der Waals surface area contributed by atoms with Gasteiger partial charge in [0.1, 0.15) is 0 Å². The van der Waals surface area contributed by atoms with Gasteiger partial charge in [0.15, 0.2) is 0 Å². The molecule has 0 saturated heterocycles. The number of hydrogen-bond acceptors (Lipinski definition) is 1. The van der Waals surface area contributed by atoms with Crippen LogP contribution in [0.3, 0.4) is 0 Å². The van der Waals surface area contributed by atoms with Crippen molar-refractivity contribution < 1.29 is 22.0 Å². The molecule has 0 heterocycles. The third-order valence-corrected chi connectivity index (χ3v) is 4.58. The number of halogens is 6. The Hall–Kier alpha value is 0.809. The molecule has 0 fully saturated rings. The van der Waals surface area contributed by atoms with E-state index in [1.165, 1.54) is 0 Å². The average molecular weight is 265 g/mol. The van der Waals surface area contributed by atoms with Crippen LogP contribution in [0.5, 0.6) is 0 Å². The molecule has 8 heteroatoms. The predicted octanol–water partition coefficient (Wildman–Crippen LogP) is 2.65. The summed E-state index contributed by atoms with van der Waals surface area (Å²) < 4.78 is 52.8. The van der Waals surface area contributed by atoms with Gasteiger partial charge >= 0.3 is 67.4 Å². The van der Waals surface area contributed by atoms with Crippen molar-refractivity contribution in [2.75, 3.05) is 0 Å². The van der Waals surface area contributed by atoms with Crippen LogP contribution < -0.4 is 0 Å². The first-order valence-electron chi connectivity index (χ1n) is 1.71. The van der Waals surface area contributed by atoms with Crippen LogP contribution in [0.15, 0.2) is 0 Å². The van der Waals surface area contributed by atoms with Crippen LogP contribution in [-0.2, 0) is 0 Å². The van der Waals surface area contributed by atoms with Crippen molar-refractivity contribution in [3.63, 3.8) is 0 Å². The molecule has 0 nitrogen and oxygen atoms in total. The Balaban J connectivity index is 3.56. The summed E-state index contributed by atoms with van der Waals surface area (Å²) in [4.78, 5) is 0. The van der Waals surface area contributed by atoms with Crippen LogP contribution in [0.4, 0.5) is 22.0 Å². The second-order valence-corrected chi connectivity index (χ2v) is 5.67. The maximum absolute atomic E-state index is 11.5. The molecule has 0 N–H and O–H groups in total. The van der Waals surface area contributed by atoms with Gasteiger partial charge in [-0.25, -0.2) is 0 Å². The third kappa shape index (κ3) is 8.81. The molecule has 0 amide bonds. The summed E-state index contributed by atoms with van der Waals surface area (Å²) in [7, 11) is -0.590. The molecule has 0 aliphatic heterocycles. The number of alkyl halides is 6. The molecule has 0 aliphatic carbocycles. The molecule has 10 heavy (non-hydrogen) atoms. The fourth-order valence-electron chi connectivity index (χ4n) is 0.0945. The van der Waals surface area contributed by atoms with Gasteiger partial charge in [-0.05, 0) is 0 Å². The Labute approximate surface area is 67.7 Å². The van der Waals surface area contributed by atoms with Crippen molar-refractivity contribution in [1.82, 2.24) is 0 Å². The first kappa shape index (κ1) is 10.8. The summed E-state index contributed by atoms with van der Waals surface area (Å²) in [5.74, 6) is 0. The van der Waals surface area contributed by atoms with Crippen LogP contribution >= 0.6 is 21.8 Å².